The first-order valence-electron chi connectivity index (χ1n) is 8.07. The highest BCUT2D eigenvalue weighted by Crippen LogP contribution is 2.26. The summed E-state index contributed by atoms with van der Waals surface area (Å²) in [5.74, 6) is -0.867. The van der Waals surface area contributed by atoms with Gasteiger partial charge in [0.15, 0.2) is 11.6 Å². The summed E-state index contributed by atoms with van der Waals surface area (Å²) < 4.78 is 14.3. The first kappa shape index (κ1) is 21.7. The first-order valence-corrected chi connectivity index (χ1v) is 8.45. The molecule has 0 aliphatic heterocycles. The third-order valence-electron chi connectivity index (χ3n) is 3.86. The van der Waals surface area contributed by atoms with Gasteiger partial charge in [0.2, 0.25) is 0 Å². The monoisotopic (exact) mass is 382 g/mol. The number of hydrogen-bond donors (Lipinski definition) is 2. The van der Waals surface area contributed by atoms with E-state index in [1.165, 1.54) is 4.90 Å². The Balaban J connectivity index is 3.27. The number of rotatable bonds is 6. The number of carbonyl (C=O) groups is 1. The molecule has 0 unspecified atom stereocenters. The summed E-state index contributed by atoms with van der Waals surface area (Å²) in [6.07, 6.45) is -0.676. The van der Waals surface area contributed by atoms with Crippen molar-refractivity contribution in [3.05, 3.63) is 34.8 Å². The average molecular weight is 383 g/mol. The number of amides is 1. The van der Waals surface area contributed by atoms with Gasteiger partial charge in [0.25, 0.3) is 0 Å². The molecule has 1 rings (SSSR count). The van der Waals surface area contributed by atoms with Crippen LogP contribution in [0.5, 0.6) is 0 Å². The smallest absolute Gasteiger partial charge is 0.408 e. The minimum absolute atomic E-state index is 0.0685. The summed E-state index contributed by atoms with van der Waals surface area (Å²) in [5.41, 5.74) is 0.0731. The molecule has 26 heavy (non-hydrogen) atoms. The van der Waals surface area contributed by atoms with Crippen LogP contribution in [0.15, 0.2) is 18.2 Å². The molecule has 0 aliphatic rings. The Hall–Kier alpha value is -2.33. The Labute approximate surface area is 158 Å². The molecule has 0 aliphatic carbocycles. The Morgan fingerprint density at radius 3 is 2.58 bits per heavy atom. The van der Waals surface area contributed by atoms with Gasteiger partial charge in [-0.05, 0) is 47.1 Å². The maximum absolute atomic E-state index is 14.3. The van der Waals surface area contributed by atoms with Crippen LogP contribution in [0.1, 0.15) is 46.6 Å². The van der Waals surface area contributed by atoms with E-state index in [0.29, 0.717) is 6.42 Å². The number of aromatic nitrogens is 1. The van der Waals surface area contributed by atoms with E-state index in [0.717, 1.165) is 11.6 Å². The molecule has 0 fully saturated rings. The van der Waals surface area contributed by atoms with E-state index in [-0.39, 0.29) is 16.5 Å². The number of carboxylic acid groups (broad SMARTS) is 1. The molecule has 0 spiro atoms. The zero-order valence-corrected chi connectivity index (χ0v) is 16.4. The largest absolute Gasteiger partial charge is 0.465 e. The SMILES string of the molecule is C=C(C)C[C@H](Nc1nc(Cl)c(C#N)cc1F)[C@H](C)N(C(=O)O)C(C)(C)C. The van der Waals surface area contributed by atoms with Crippen LogP contribution in [0.2, 0.25) is 5.15 Å². The lowest BCUT2D eigenvalue weighted by Crippen LogP contribution is -2.55. The molecule has 1 aromatic heterocycles. The van der Waals surface area contributed by atoms with Crippen molar-refractivity contribution < 1.29 is 14.3 Å². The summed E-state index contributed by atoms with van der Waals surface area (Å²) >= 11 is 5.89. The molecule has 0 saturated carbocycles. The molecule has 0 saturated heterocycles. The Morgan fingerprint density at radius 1 is 1.58 bits per heavy atom. The van der Waals surface area contributed by atoms with Gasteiger partial charge in [-0.1, -0.05) is 17.2 Å². The number of nitrogens with zero attached hydrogens (tertiary/aromatic N) is 3. The van der Waals surface area contributed by atoms with Crippen molar-refractivity contribution in [3.63, 3.8) is 0 Å². The maximum atomic E-state index is 14.3. The lowest BCUT2D eigenvalue weighted by atomic mass is 9.96. The van der Waals surface area contributed by atoms with Gasteiger partial charge in [-0.25, -0.2) is 14.2 Å². The van der Waals surface area contributed by atoms with Crippen LogP contribution in [-0.4, -0.2) is 38.7 Å². The summed E-state index contributed by atoms with van der Waals surface area (Å²) in [6, 6.07) is 1.76. The van der Waals surface area contributed by atoms with Gasteiger partial charge in [-0.15, -0.1) is 6.58 Å². The van der Waals surface area contributed by atoms with Crippen molar-refractivity contribution in [2.45, 2.75) is 58.7 Å². The first-order chi connectivity index (χ1) is 11.9. The van der Waals surface area contributed by atoms with E-state index in [4.69, 9.17) is 16.9 Å². The number of nitrogens with one attached hydrogen (secondary N) is 1. The Kier molecular flexibility index (Phi) is 6.99. The predicted molar refractivity (Wildman–Crippen MR) is 99.8 cm³/mol. The van der Waals surface area contributed by atoms with Crippen LogP contribution in [0.25, 0.3) is 0 Å². The van der Waals surface area contributed by atoms with Crippen LogP contribution in [-0.2, 0) is 0 Å². The zero-order chi connectivity index (χ0) is 20.2. The molecule has 0 bridgehead atoms. The number of anilines is 1. The zero-order valence-electron chi connectivity index (χ0n) is 15.6. The average Bonchev–Trinajstić information content (AvgIpc) is 2.47. The number of hydrogen-bond acceptors (Lipinski definition) is 4. The van der Waals surface area contributed by atoms with E-state index in [1.54, 1.807) is 40.7 Å². The molecule has 1 heterocycles. The van der Waals surface area contributed by atoms with Crippen LogP contribution >= 0.6 is 11.6 Å². The molecule has 142 valence electrons. The molecule has 0 radical (unpaired) electrons. The molecule has 1 aromatic rings. The normalized spacial score (nSPS) is 13.5. The van der Waals surface area contributed by atoms with Gasteiger partial charge in [-0.3, -0.25) is 4.90 Å². The Morgan fingerprint density at radius 2 is 2.15 bits per heavy atom. The van der Waals surface area contributed by atoms with Crippen molar-refractivity contribution in [2.75, 3.05) is 5.32 Å². The second kappa shape index (κ2) is 8.37. The second-order valence-electron chi connectivity index (χ2n) is 7.25. The predicted octanol–water partition coefficient (Wildman–Crippen LogP) is 4.66. The van der Waals surface area contributed by atoms with Gasteiger partial charge in [0.1, 0.15) is 11.2 Å². The minimum atomic E-state index is -1.08. The molecular weight excluding hydrogens is 359 g/mol. The van der Waals surface area contributed by atoms with Crippen molar-refractivity contribution in [1.82, 2.24) is 9.88 Å². The van der Waals surface area contributed by atoms with E-state index < -0.39 is 29.5 Å². The third kappa shape index (κ3) is 5.33. The fourth-order valence-electron chi connectivity index (χ4n) is 2.79. The lowest BCUT2D eigenvalue weighted by molar-refractivity contribution is 0.0693. The van der Waals surface area contributed by atoms with Gasteiger partial charge in [0, 0.05) is 5.54 Å². The fraction of sp³-hybridized carbons (Fsp3) is 0.500. The highest BCUT2D eigenvalue weighted by molar-refractivity contribution is 6.30. The van der Waals surface area contributed by atoms with Crippen molar-refractivity contribution in [1.29, 1.82) is 5.26 Å². The summed E-state index contributed by atoms with van der Waals surface area (Å²) in [5, 5.41) is 21.3. The minimum Gasteiger partial charge on any atom is -0.465 e. The van der Waals surface area contributed by atoms with Crippen molar-refractivity contribution >= 4 is 23.5 Å². The lowest BCUT2D eigenvalue weighted by Gasteiger charge is -2.42. The standard InChI is InChI=1S/C18H24ClFN4O2/c1-10(2)7-14(11(3)24(17(25)26)18(4,5)6)22-16-13(20)8-12(9-21)15(19)23-16/h8,11,14H,1,7H2,2-6H3,(H,22,23)(H,25,26)/t11-,14-/m0/s1. The third-order valence-corrected chi connectivity index (χ3v) is 4.15. The molecular formula is C18H24ClFN4O2. The summed E-state index contributed by atoms with van der Waals surface area (Å²) in [7, 11) is 0. The number of halogens is 2. The van der Waals surface area contributed by atoms with Gasteiger partial charge >= 0.3 is 6.09 Å². The van der Waals surface area contributed by atoms with E-state index in [9.17, 15) is 14.3 Å². The molecule has 2 N–H and O–H groups in total. The second-order valence-corrected chi connectivity index (χ2v) is 7.60. The fourth-order valence-corrected chi connectivity index (χ4v) is 2.97. The van der Waals surface area contributed by atoms with Gasteiger partial charge in [0.05, 0.1) is 17.6 Å². The summed E-state index contributed by atoms with van der Waals surface area (Å²) in [6.45, 7) is 12.8. The Bertz CT molecular complexity index is 740. The van der Waals surface area contributed by atoms with Crippen LogP contribution in [0, 0.1) is 17.1 Å². The van der Waals surface area contributed by atoms with Gasteiger partial charge in [-0.2, -0.15) is 5.26 Å². The van der Waals surface area contributed by atoms with Crippen molar-refractivity contribution in [2.24, 2.45) is 0 Å². The maximum Gasteiger partial charge on any atom is 0.408 e. The molecule has 0 aromatic carbocycles. The van der Waals surface area contributed by atoms with Crippen LogP contribution in [0.3, 0.4) is 0 Å². The highest BCUT2D eigenvalue weighted by atomic mass is 35.5. The molecule has 1 amide bonds. The van der Waals surface area contributed by atoms with Crippen LogP contribution in [0.4, 0.5) is 15.0 Å². The number of pyridine rings is 1. The highest BCUT2D eigenvalue weighted by Gasteiger charge is 2.35. The van der Waals surface area contributed by atoms with E-state index in [2.05, 4.69) is 16.9 Å². The van der Waals surface area contributed by atoms with Crippen molar-refractivity contribution in [3.8, 4) is 6.07 Å². The quantitative estimate of drug-likeness (QED) is 0.551. The van der Waals surface area contributed by atoms with E-state index >= 15 is 0 Å². The molecule has 2 atom stereocenters. The summed E-state index contributed by atoms with van der Waals surface area (Å²) in [4.78, 5) is 17.0. The number of nitriles is 1. The topological polar surface area (TPSA) is 89.3 Å². The molecule has 8 heteroatoms. The van der Waals surface area contributed by atoms with Crippen LogP contribution < -0.4 is 5.32 Å². The molecule has 6 nitrogen and oxygen atoms in total. The van der Waals surface area contributed by atoms with E-state index in [1.807, 2.05) is 0 Å². The van der Waals surface area contributed by atoms with Gasteiger partial charge < -0.3 is 10.4 Å².